The second-order valence-corrected chi connectivity index (χ2v) is 6.10. The van der Waals surface area contributed by atoms with Crippen LogP contribution in [0.2, 0.25) is 0 Å². The zero-order valence-electron chi connectivity index (χ0n) is 15.0. The Morgan fingerprint density at radius 3 is 2.04 bits per heavy atom. The SMILES string of the molecule is CCCC(=O)Nc1ccc(NC(=O)CNc2ccc(C)cc2C)cc1. The Morgan fingerprint density at radius 2 is 1.48 bits per heavy atom. The number of nitrogens with one attached hydrogen (secondary N) is 3. The molecule has 2 aromatic carbocycles. The van der Waals surface area contributed by atoms with E-state index in [1.165, 1.54) is 5.56 Å². The van der Waals surface area contributed by atoms with Crippen LogP contribution in [0.25, 0.3) is 0 Å². The third-order valence-electron chi connectivity index (χ3n) is 3.75. The van der Waals surface area contributed by atoms with Crippen LogP contribution in [-0.4, -0.2) is 18.4 Å². The van der Waals surface area contributed by atoms with Crippen LogP contribution in [0.3, 0.4) is 0 Å². The lowest BCUT2D eigenvalue weighted by Gasteiger charge is -2.11. The Labute approximate surface area is 148 Å². The minimum absolute atomic E-state index is 0.00282. The Hall–Kier alpha value is -2.82. The first-order valence-electron chi connectivity index (χ1n) is 8.49. The van der Waals surface area contributed by atoms with Crippen molar-refractivity contribution in [2.75, 3.05) is 22.5 Å². The number of aryl methyl sites for hydroxylation is 2. The lowest BCUT2D eigenvalue weighted by Crippen LogP contribution is -2.22. The molecular formula is C20H25N3O2. The van der Waals surface area contributed by atoms with Crippen molar-refractivity contribution in [3.63, 3.8) is 0 Å². The van der Waals surface area contributed by atoms with Gasteiger partial charge in [0.05, 0.1) is 6.54 Å². The van der Waals surface area contributed by atoms with Crippen molar-refractivity contribution in [2.45, 2.75) is 33.6 Å². The number of anilines is 3. The predicted octanol–water partition coefficient (Wildman–Crippen LogP) is 4.09. The predicted molar refractivity (Wildman–Crippen MR) is 103 cm³/mol. The number of hydrogen-bond acceptors (Lipinski definition) is 3. The highest BCUT2D eigenvalue weighted by Crippen LogP contribution is 2.16. The zero-order chi connectivity index (χ0) is 18.2. The summed E-state index contributed by atoms with van der Waals surface area (Å²) in [6.07, 6.45) is 1.32. The van der Waals surface area contributed by atoms with Crippen LogP contribution >= 0.6 is 0 Å². The van der Waals surface area contributed by atoms with Gasteiger partial charge >= 0.3 is 0 Å². The highest BCUT2D eigenvalue weighted by Gasteiger charge is 2.05. The molecule has 0 heterocycles. The fourth-order valence-electron chi connectivity index (χ4n) is 2.48. The minimum atomic E-state index is -0.122. The number of carbonyl (C=O) groups excluding carboxylic acids is 2. The van der Waals surface area contributed by atoms with E-state index in [4.69, 9.17) is 0 Å². The zero-order valence-corrected chi connectivity index (χ0v) is 15.0. The molecular weight excluding hydrogens is 314 g/mol. The number of amides is 2. The molecule has 0 aliphatic rings. The quantitative estimate of drug-likeness (QED) is 0.711. The van der Waals surface area contributed by atoms with Gasteiger partial charge in [-0.1, -0.05) is 24.6 Å². The summed E-state index contributed by atoms with van der Waals surface area (Å²) >= 11 is 0. The van der Waals surface area contributed by atoms with Crippen molar-refractivity contribution in [1.29, 1.82) is 0 Å². The first kappa shape index (κ1) is 18.5. The standard InChI is InChI=1S/C20H25N3O2/c1-4-5-19(24)22-16-7-9-17(10-8-16)23-20(25)13-21-18-11-6-14(2)12-15(18)3/h6-12,21H,4-5,13H2,1-3H3,(H,22,24)(H,23,25). The van der Waals surface area contributed by atoms with Gasteiger partial charge in [-0.2, -0.15) is 0 Å². The van der Waals surface area contributed by atoms with Gasteiger partial charge in [-0.05, 0) is 56.2 Å². The van der Waals surface area contributed by atoms with E-state index in [0.29, 0.717) is 12.1 Å². The van der Waals surface area contributed by atoms with Gasteiger partial charge in [-0.25, -0.2) is 0 Å². The van der Waals surface area contributed by atoms with Gasteiger partial charge in [0.1, 0.15) is 0 Å². The summed E-state index contributed by atoms with van der Waals surface area (Å²) < 4.78 is 0. The topological polar surface area (TPSA) is 70.2 Å². The maximum absolute atomic E-state index is 12.1. The number of hydrogen-bond donors (Lipinski definition) is 3. The van der Waals surface area contributed by atoms with Gasteiger partial charge in [0.2, 0.25) is 11.8 Å². The number of benzene rings is 2. The molecule has 0 saturated heterocycles. The van der Waals surface area contributed by atoms with E-state index in [9.17, 15) is 9.59 Å². The first-order chi connectivity index (χ1) is 12.0. The largest absolute Gasteiger partial charge is 0.376 e. The fraction of sp³-hybridized carbons (Fsp3) is 0.300. The second-order valence-electron chi connectivity index (χ2n) is 6.10. The molecule has 0 radical (unpaired) electrons. The van der Waals surface area contributed by atoms with Crippen LogP contribution in [0, 0.1) is 13.8 Å². The van der Waals surface area contributed by atoms with E-state index in [2.05, 4.69) is 22.0 Å². The normalized spacial score (nSPS) is 10.2. The monoisotopic (exact) mass is 339 g/mol. The van der Waals surface area contributed by atoms with Crippen LogP contribution in [0.15, 0.2) is 42.5 Å². The highest BCUT2D eigenvalue weighted by molar-refractivity contribution is 5.94. The molecule has 2 aromatic rings. The van der Waals surface area contributed by atoms with Crippen molar-refractivity contribution in [1.82, 2.24) is 0 Å². The second kappa shape index (κ2) is 8.87. The molecule has 25 heavy (non-hydrogen) atoms. The van der Waals surface area contributed by atoms with E-state index in [1.807, 2.05) is 32.9 Å². The first-order valence-corrected chi connectivity index (χ1v) is 8.49. The Morgan fingerprint density at radius 1 is 0.880 bits per heavy atom. The van der Waals surface area contributed by atoms with Gasteiger partial charge in [0, 0.05) is 23.5 Å². The summed E-state index contributed by atoms with van der Waals surface area (Å²) in [6.45, 7) is 6.21. The van der Waals surface area contributed by atoms with E-state index in [-0.39, 0.29) is 18.4 Å². The molecule has 0 unspecified atom stereocenters. The van der Waals surface area contributed by atoms with E-state index >= 15 is 0 Å². The molecule has 0 saturated carbocycles. The molecule has 5 heteroatoms. The molecule has 5 nitrogen and oxygen atoms in total. The smallest absolute Gasteiger partial charge is 0.243 e. The summed E-state index contributed by atoms with van der Waals surface area (Å²) in [5.41, 5.74) is 4.68. The Balaban J connectivity index is 1.84. The average Bonchev–Trinajstić information content (AvgIpc) is 2.56. The molecule has 0 aromatic heterocycles. The van der Waals surface area contributed by atoms with Gasteiger partial charge < -0.3 is 16.0 Å². The highest BCUT2D eigenvalue weighted by atomic mass is 16.2. The molecule has 0 aliphatic heterocycles. The summed E-state index contributed by atoms with van der Waals surface area (Å²) in [7, 11) is 0. The van der Waals surface area contributed by atoms with Crippen LogP contribution in [-0.2, 0) is 9.59 Å². The van der Waals surface area contributed by atoms with Crippen molar-refractivity contribution in [2.24, 2.45) is 0 Å². The molecule has 0 atom stereocenters. The number of rotatable bonds is 7. The molecule has 0 fully saturated rings. The van der Waals surface area contributed by atoms with Crippen molar-refractivity contribution in [3.05, 3.63) is 53.6 Å². The minimum Gasteiger partial charge on any atom is -0.376 e. The summed E-state index contributed by atoms with van der Waals surface area (Å²) in [4.78, 5) is 23.6. The average molecular weight is 339 g/mol. The Bertz CT molecular complexity index is 739. The van der Waals surface area contributed by atoms with Gasteiger partial charge in [-0.3, -0.25) is 9.59 Å². The third-order valence-corrected chi connectivity index (χ3v) is 3.75. The summed E-state index contributed by atoms with van der Waals surface area (Å²) in [6, 6.07) is 13.2. The number of carbonyl (C=O) groups is 2. The van der Waals surface area contributed by atoms with Crippen molar-refractivity contribution in [3.8, 4) is 0 Å². The molecule has 0 bridgehead atoms. The van der Waals surface area contributed by atoms with Gasteiger partial charge in [0.15, 0.2) is 0 Å². The lowest BCUT2D eigenvalue weighted by atomic mass is 10.1. The third kappa shape index (κ3) is 5.95. The molecule has 0 aliphatic carbocycles. The molecule has 0 spiro atoms. The van der Waals surface area contributed by atoms with Crippen LogP contribution in [0.5, 0.6) is 0 Å². The van der Waals surface area contributed by atoms with E-state index in [0.717, 1.165) is 23.4 Å². The van der Waals surface area contributed by atoms with Crippen molar-refractivity contribution < 1.29 is 9.59 Å². The molecule has 3 N–H and O–H groups in total. The fourth-order valence-corrected chi connectivity index (χ4v) is 2.48. The van der Waals surface area contributed by atoms with Gasteiger partial charge in [-0.15, -0.1) is 0 Å². The summed E-state index contributed by atoms with van der Waals surface area (Å²) in [5, 5.41) is 8.79. The van der Waals surface area contributed by atoms with Crippen LogP contribution < -0.4 is 16.0 Å². The van der Waals surface area contributed by atoms with E-state index < -0.39 is 0 Å². The molecule has 132 valence electrons. The Kier molecular flexibility index (Phi) is 6.57. The molecule has 2 amide bonds. The lowest BCUT2D eigenvalue weighted by molar-refractivity contribution is -0.116. The van der Waals surface area contributed by atoms with Crippen LogP contribution in [0.4, 0.5) is 17.1 Å². The maximum atomic E-state index is 12.1. The van der Waals surface area contributed by atoms with Crippen molar-refractivity contribution >= 4 is 28.9 Å². The van der Waals surface area contributed by atoms with Crippen LogP contribution in [0.1, 0.15) is 30.9 Å². The maximum Gasteiger partial charge on any atom is 0.243 e. The van der Waals surface area contributed by atoms with Gasteiger partial charge in [0.25, 0.3) is 0 Å². The molecule has 2 rings (SSSR count). The summed E-state index contributed by atoms with van der Waals surface area (Å²) in [5.74, 6) is -0.125. The van der Waals surface area contributed by atoms with E-state index in [1.54, 1.807) is 24.3 Å².